The Hall–Kier alpha value is -0.340. The molecule has 4 aliphatic carbocycles. The van der Waals surface area contributed by atoms with Crippen molar-refractivity contribution < 1.29 is 10.2 Å². The summed E-state index contributed by atoms with van der Waals surface area (Å²) < 4.78 is 0. The summed E-state index contributed by atoms with van der Waals surface area (Å²) in [6.07, 6.45) is 17.8. The van der Waals surface area contributed by atoms with Crippen LogP contribution in [0, 0.1) is 40.4 Å². The zero-order valence-electron chi connectivity index (χ0n) is 21.1. The second-order valence-corrected chi connectivity index (χ2v) is 13.0. The third kappa shape index (κ3) is 4.30. The van der Waals surface area contributed by atoms with E-state index < -0.39 is 5.60 Å². The summed E-state index contributed by atoms with van der Waals surface area (Å²) in [5.74, 6) is 4.11. The van der Waals surface area contributed by atoms with Crippen LogP contribution < -0.4 is 0 Å². The van der Waals surface area contributed by atoms with Crippen molar-refractivity contribution in [3.8, 4) is 0 Å². The van der Waals surface area contributed by atoms with Crippen LogP contribution >= 0.6 is 0 Å². The maximum Gasteiger partial charge on any atom is 0.0619 e. The molecule has 31 heavy (non-hydrogen) atoms. The van der Waals surface area contributed by atoms with Gasteiger partial charge in [-0.25, -0.2) is 0 Å². The number of unbranched alkanes of at least 4 members (excludes halogenated alkanes) is 1. The fourth-order valence-electron chi connectivity index (χ4n) is 9.04. The number of hydrogen-bond acceptors (Lipinski definition) is 2. The molecule has 0 saturated heterocycles. The Bertz CT molecular complexity index is 666. The molecule has 3 fully saturated rings. The molecule has 0 radical (unpaired) electrons. The Balaban J connectivity index is 1.45. The molecule has 0 heterocycles. The summed E-state index contributed by atoms with van der Waals surface area (Å²) in [7, 11) is 0. The minimum Gasteiger partial charge on any atom is -0.393 e. The van der Waals surface area contributed by atoms with Gasteiger partial charge in [0.25, 0.3) is 0 Å². The van der Waals surface area contributed by atoms with Gasteiger partial charge in [-0.3, -0.25) is 0 Å². The highest BCUT2D eigenvalue weighted by Gasteiger charge is 2.59. The molecule has 0 aromatic carbocycles. The van der Waals surface area contributed by atoms with Gasteiger partial charge >= 0.3 is 0 Å². The third-order valence-electron chi connectivity index (χ3n) is 11.0. The molecule has 9 atom stereocenters. The molecule has 0 amide bonds. The minimum absolute atomic E-state index is 0.101. The Labute approximate surface area is 192 Å². The van der Waals surface area contributed by atoms with Crippen molar-refractivity contribution in [1.29, 1.82) is 0 Å². The van der Waals surface area contributed by atoms with Gasteiger partial charge in [0.05, 0.1) is 11.7 Å². The lowest BCUT2D eigenvalue weighted by atomic mass is 9.47. The topological polar surface area (TPSA) is 40.5 Å². The Morgan fingerprint density at radius 3 is 2.61 bits per heavy atom. The molecule has 0 aromatic heterocycles. The van der Waals surface area contributed by atoms with Crippen LogP contribution in [0.2, 0.25) is 0 Å². The summed E-state index contributed by atoms with van der Waals surface area (Å²) in [6, 6.07) is 0. The average molecular weight is 431 g/mol. The summed E-state index contributed by atoms with van der Waals surface area (Å²) in [4.78, 5) is 0. The second kappa shape index (κ2) is 8.79. The maximum atomic E-state index is 10.8. The van der Waals surface area contributed by atoms with Crippen LogP contribution in [0.4, 0.5) is 0 Å². The van der Waals surface area contributed by atoms with Crippen LogP contribution in [0.15, 0.2) is 11.6 Å². The lowest BCUT2D eigenvalue weighted by molar-refractivity contribution is -0.0589. The van der Waals surface area contributed by atoms with E-state index >= 15 is 0 Å². The molecule has 4 aliphatic rings. The van der Waals surface area contributed by atoms with Gasteiger partial charge in [-0.15, -0.1) is 0 Å². The highest BCUT2D eigenvalue weighted by atomic mass is 16.3. The van der Waals surface area contributed by atoms with Gasteiger partial charge in [-0.2, -0.15) is 0 Å². The SMILES string of the molecule is CCCC[C@](C)(O)CC[C@@H](C)[C@H]1CCC2[C@@H]3CC=C4C[C@@H](O)CC[C@]4(C)C3CC[C@@]21C. The van der Waals surface area contributed by atoms with Crippen LogP contribution in [0.3, 0.4) is 0 Å². The van der Waals surface area contributed by atoms with Crippen molar-refractivity contribution in [2.75, 3.05) is 0 Å². The lowest BCUT2D eigenvalue weighted by Crippen LogP contribution is -2.50. The Kier molecular flexibility index (Phi) is 6.75. The van der Waals surface area contributed by atoms with Crippen molar-refractivity contribution in [1.82, 2.24) is 0 Å². The third-order valence-corrected chi connectivity index (χ3v) is 11.0. The first-order chi connectivity index (χ1) is 14.6. The molecule has 2 N–H and O–H groups in total. The van der Waals surface area contributed by atoms with E-state index in [1.165, 1.54) is 51.4 Å². The molecule has 2 nitrogen and oxygen atoms in total. The van der Waals surface area contributed by atoms with Crippen molar-refractivity contribution in [2.24, 2.45) is 40.4 Å². The number of rotatable bonds is 7. The zero-order chi connectivity index (χ0) is 22.4. The molecule has 0 spiro atoms. The van der Waals surface area contributed by atoms with Gasteiger partial charge in [0.1, 0.15) is 0 Å². The fourth-order valence-corrected chi connectivity index (χ4v) is 9.04. The van der Waals surface area contributed by atoms with Crippen LogP contribution in [0.5, 0.6) is 0 Å². The number of hydrogen-bond donors (Lipinski definition) is 2. The van der Waals surface area contributed by atoms with Crippen molar-refractivity contribution >= 4 is 0 Å². The van der Waals surface area contributed by atoms with E-state index in [9.17, 15) is 10.2 Å². The second-order valence-electron chi connectivity index (χ2n) is 13.0. The molecule has 0 aromatic rings. The molecular weight excluding hydrogens is 380 g/mol. The van der Waals surface area contributed by atoms with Gasteiger partial charge in [0, 0.05) is 0 Å². The first-order valence-electron chi connectivity index (χ1n) is 13.7. The highest BCUT2D eigenvalue weighted by molar-refractivity contribution is 5.25. The van der Waals surface area contributed by atoms with Gasteiger partial charge in [0.15, 0.2) is 0 Å². The lowest BCUT2D eigenvalue weighted by Gasteiger charge is -2.58. The number of aliphatic hydroxyl groups excluding tert-OH is 1. The molecule has 4 rings (SSSR count). The fraction of sp³-hybridized carbons (Fsp3) is 0.931. The quantitative estimate of drug-likeness (QED) is 0.416. The molecule has 0 aliphatic heterocycles. The van der Waals surface area contributed by atoms with Crippen molar-refractivity contribution in [3.05, 3.63) is 11.6 Å². The monoisotopic (exact) mass is 430 g/mol. The van der Waals surface area contributed by atoms with E-state index in [4.69, 9.17) is 0 Å². The molecule has 178 valence electrons. The largest absolute Gasteiger partial charge is 0.393 e. The Morgan fingerprint density at radius 1 is 1.10 bits per heavy atom. The molecule has 0 bridgehead atoms. The predicted octanol–water partition coefficient (Wildman–Crippen LogP) is 7.28. The summed E-state index contributed by atoms with van der Waals surface area (Å²) in [5, 5.41) is 21.1. The average Bonchev–Trinajstić information content (AvgIpc) is 3.08. The van der Waals surface area contributed by atoms with Gasteiger partial charge < -0.3 is 10.2 Å². The van der Waals surface area contributed by atoms with Crippen molar-refractivity contribution in [2.45, 2.75) is 130 Å². The van der Waals surface area contributed by atoms with E-state index in [1.807, 2.05) is 0 Å². The van der Waals surface area contributed by atoms with E-state index in [1.54, 1.807) is 5.57 Å². The van der Waals surface area contributed by atoms with E-state index in [-0.39, 0.29) is 6.10 Å². The van der Waals surface area contributed by atoms with Crippen LogP contribution in [-0.4, -0.2) is 21.9 Å². The van der Waals surface area contributed by atoms with Gasteiger partial charge in [0.2, 0.25) is 0 Å². The number of allylic oxidation sites excluding steroid dienone is 1. The van der Waals surface area contributed by atoms with Crippen LogP contribution in [0.1, 0.15) is 118 Å². The van der Waals surface area contributed by atoms with Crippen molar-refractivity contribution in [3.63, 3.8) is 0 Å². The first kappa shape index (κ1) is 23.8. The maximum absolute atomic E-state index is 10.8. The van der Waals surface area contributed by atoms with Gasteiger partial charge in [-0.05, 0) is 118 Å². The number of aliphatic hydroxyl groups is 2. The van der Waals surface area contributed by atoms with E-state index in [0.29, 0.717) is 10.8 Å². The van der Waals surface area contributed by atoms with E-state index in [2.05, 4.69) is 40.7 Å². The van der Waals surface area contributed by atoms with Gasteiger partial charge in [-0.1, -0.05) is 52.2 Å². The summed E-state index contributed by atoms with van der Waals surface area (Å²) >= 11 is 0. The summed E-state index contributed by atoms with van der Waals surface area (Å²) in [6.45, 7) is 11.9. The normalized spacial score (nSPS) is 45.1. The molecule has 3 saturated carbocycles. The molecule has 2 unspecified atom stereocenters. The summed E-state index contributed by atoms with van der Waals surface area (Å²) in [5.41, 5.74) is 1.95. The van der Waals surface area contributed by atoms with Crippen LogP contribution in [0.25, 0.3) is 0 Å². The Morgan fingerprint density at radius 2 is 1.87 bits per heavy atom. The predicted molar refractivity (Wildman–Crippen MR) is 130 cm³/mol. The molecule has 2 heteroatoms. The smallest absolute Gasteiger partial charge is 0.0619 e. The van der Waals surface area contributed by atoms with E-state index in [0.717, 1.165) is 61.7 Å². The standard InChI is InChI=1S/C29H50O2/c1-6-7-15-27(3,31)16-12-20(2)24-10-11-25-23-9-8-21-19-22(30)13-17-28(21,4)26(23)14-18-29(24,25)5/h8,20,22-26,30-31H,6-7,9-19H2,1-5H3/t20-,22+,23+,24-,25?,26?,27+,28+,29-/m1/s1. The highest BCUT2D eigenvalue weighted by Crippen LogP contribution is 2.67. The minimum atomic E-state index is -0.481. The first-order valence-corrected chi connectivity index (χ1v) is 13.7. The zero-order valence-corrected chi connectivity index (χ0v) is 21.1. The van der Waals surface area contributed by atoms with Crippen LogP contribution in [-0.2, 0) is 0 Å². The molecular formula is C29H50O2. The number of fused-ring (bicyclic) bond motifs is 5.